The number of hydrogen-bond acceptors (Lipinski definition) is 4. The summed E-state index contributed by atoms with van der Waals surface area (Å²) in [5.41, 5.74) is -1.43. The SMILES string of the molecule is CCC(=O)N[C@](C)(C(=O)O)C(S)S. The number of carboxylic acids is 1. The summed E-state index contributed by atoms with van der Waals surface area (Å²) in [5.74, 6) is -1.48. The van der Waals surface area contributed by atoms with Gasteiger partial charge in [0, 0.05) is 6.42 Å². The summed E-state index contributed by atoms with van der Waals surface area (Å²) in [7, 11) is 0. The van der Waals surface area contributed by atoms with Crippen LogP contribution in [0.15, 0.2) is 0 Å². The lowest BCUT2D eigenvalue weighted by molar-refractivity contribution is -0.146. The maximum Gasteiger partial charge on any atom is 0.331 e. The van der Waals surface area contributed by atoms with Gasteiger partial charge >= 0.3 is 5.97 Å². The van der Waals surface area contributed by atoms with Gasteiger partial charge in [0.05, 0.1) is 4.58 Å². The standard InChI is InChI=1S/C7H13NO3S2/c1-3-4(9)8-7(2,5(10)11)6(12)13/h6,12-13H,3H2,1-2H3,(H,8,9)(H,10,11)/t7-/m1/s1. The minimum atomic E-state index is -1.43. The Kier molecular flexibility index (Phi) is 4.63. The van der Waals surface area contributed by atoms with Crippen LogP contribution < -0.4 is 5.32 Å². The summed E-state index contributed by atoms with van der Waals surface area (Å²) in [4.78, 5) is 21.8. The number of rotatable bonds is 4. The molecule has 0 aliphatic carbocycles. The topological polar surface area (TPSA) is 66.4 Å². The number of carbonyl (C=O) groups excluding carboxylic acids is 1. The molecule has 0 fully saturated rings. The molecule has 0 aromatic carbocycles. The third-order valence-electron chi connectivity index (χ3n) is 1.68. The summed E-state index contributed by atoms with van der Waals surface area (Å²) in [6, 6.07) is 0. The van der Waals surface area contributed by atoms with Crippen LogP contribution in [0.1, 0.15) is 20.3 Å². The van der Waals surface area contributed by atoms with Gasteiger partial charge in [0.15, 0.2) is 5.54 Å². The third-order valence-corrected chi connectivity index (χ3v) is 2.71. The molecule has 0 saturated heterocycles. The summed E-state index contributed by atoms with van der Waals surface area (Å²) in [5, 5.41) is 11.2. The number of carboxylic acid groups (broad SMARTS) is 1. The van der Waals surface area contributed by atoms with Crippen molar-refractivity contribution >= 4 is 37.1 Å². The van der Waals surface area contributed by atoms with E-state index in [0.717, 1.165) is 0 Å². The Morgan fingerprint density at radius 1 is 1.54 bits per heavy atom. The highest BCUT2D eigenvalue weighted by molar-refractivity contribution is 7.99. The van der Waals surface area contributed by atoms with Crippen LogP contribution in [0.4, 0.5) is 0 Å². The van der Waals surface area contributed by atoms with E-state index in [-0.39, 0.29) is 12.3 Å². The van der Waals surface area contributed by atoms with Gasteiger partial charge in [0.25, 0.3) is 0 Å². The van der Waals surface area contributed by atoms with E-state index in [4.69, 9.17) is 5.11 Å². The van der Waals surface area contributed by atoms with Gasteiger partial charge in [-0.15, -0.1) is 0 Å². The molecule has 0 bridgehead atoms. The van der Waals surface area contributed by atoms with Crippen molar-refractivity contribution in [3.63, 3.8) is 0 Å². The van der Waals surface area contributed by atoms with Crippen molar-refractivity contribution in [3.8, 4) is 0 Å². The van der Waals surface area contributed by atoms with Gasteiger partial charge in [-0.1, -0.05) is 6.92 Å². The van der Waals surface area contributed by atoms with E-state index in [9.17, 15) is 9.59 Å². The molecule has 0 aromatic heterocycles. The van der Waals surface area contributed by atoms with E-state index in [2.05, 4.69) is 30.6 Å². The smallest absolute Gasteiger partial charge is 0.331 e. The normalized spacial score (nSPS) is 15.2. The largest absolute Gasteiger partial charge is 0.479 e. The van der Waals surface area contributed by atoms with Crippen LogP contribution in [0.2, 0.25) is 0 Å². The first-order valence-electron chi connectivity index (χ1n) is 3.75. The number of carbonyl (C=O) groups is 2. The highest BCUT2D eigenvalue weighted by Crippen LogP contribution is 2.19. The zero-order valence-corrected chi connectivity index (χ0v) is 9.23. The molecule has 0 spiro atoms. The van der Waals surface area contributed by atoms with Crippen LogP contribution in [-0.2, 0) is 9.59 Å². The first-order valence-corrected chi connectivity index (χ1v) is 4.78. The molecule has 0 radical (unpaired) electrons. The van der Waals surface area contributed by atoms with Crippen molar-refractivity contribution in [2.45, 2.75) is 30.4 Å². The Balaban J connectivity index is 4.61. The fourth-order valence-electron chi connectivity index (χ4n) is 0.606. The van der Waals surface area contributed by atoms with Gasteiger partial charge < -0.3 is 10.4 Å². The molecular formula is C7H13NO3S2. The Bertz CT molecular complexity index is 220. The molecule has 76 valence electrons. The van der Waals surface area contributed by atoms with Crippen LogP contribution in [0.3, 0.4) is 0 Å². The van der Waals surface area contributed by atoms with Crippen LogP contribution in [0.25, 0.3) is 0 Å². The van der Waals surface area contributed by atoms with Gasteiger partial charge in [0.1, 0.15) is 0 Å². The van der Waals surface area contributed by atoms with Crippen molar-refractivity contribution < 1.29 is 14.7 Å². The van der Waals surface area contributed by atoms with Crippen molar-refractivity contribution in [1.82, 2.24) is 5.32 Å². The molecule has 4 nitrogen and oxygen atoms in total. The molecule has 0 aromatic rings. The lowest BCUT2D eigenvalue weighted by Crippen LogP contribution is -2.56. The quantitative estimate of drug-likeness (QED) is 0.415. The predicted molar refractivity (Wildman–Crippen MR) is 56.2 cm³/mol. The van der Waals surface area contributed by atoms with Gasteiger partial charge in [-0.05, 0) is 6.92 Å². The molecule has 0 aliphatic heterocycles. The van der Waals surface area contributed by atoms with E-state index >= 15 is 0 Å². The number of hydrogen-bond donors (Lipinski definition) is 4. The number of aliphatic carboxylic acids is 1. The number of nitrogens with one attached hydrogen (secondary N) is 1. The van der Waals surface area contributed by atoms with Crippen molar-refractivity contribution in [2.24, 2.45) is 0 Å². The van der Waals surface area contributed by atoms with E-state index in [0.29, 0.717) is 0 Å². The monoisotopic (exact) mass is 223 g/mol. The highest BCUT2D eigenvalue weighted by Gasteiger charge is 2.39. The summed E-state index contributed by atoms with van der Waals surface area (Å²) >= 11 is 7.80. The van der Waals surface area contributed by atoms with Crippen LogP contribution in [0, 0.1) is 0 Å². The first kappa shape index (κ1) is 12.6. The number of thiol groups is 2. The van der Waals surface area contributed by atoms with Crippen LogP contribution >= 0.6 is 25.3 Å². The van der Waals surface area contributed by atoms with Crippen molar-refractivity contribution in [1.29, 1.82) is 0 Å². The minimum Gasteiger partial charge on any atom is -0.479 e. The second-order valence-corrected chi connectivity index (χ2v) is 4.22. The first-order chi connectivity index (χ1) is 5.84. The molecule has 0 heterocycles. The fourth-order valence-corrected chi connectivity index (χ4v) is 0.956. The van der Waals surface area contributed by atoms with E-state index < -0.39 is 16.1 Å². The van der Waals surface area contributed by atoms with E-state index in [1.807, 2.05) is 0 Å². The van der Waals surface area contributed by atoms with Gasteiger partial charge in [-0.25, -0.2) is 4.79 Å². The summed E-state index contributed by atoms with van der Waals surface area (Å²) < 4.78 is -0.750. The zero-order chi connectivity index (χ0) is 10.6. The van der Waals surface area contributed by atoms with Gasteiger partial charge in [0.2, 0.25) is 5.91 Å². The van der Waals surface area contributed by atoms with Crippen LogP contribution in [0.5, 0.6) is 0 Å². The predicted octanol–water partition coefficient (Wildman–Crippen LogP) is 0.542. The molecule has 0 unspecified atom stereocenters. The summed E-state index contributed by atoms with van der Waals surface area (Å²) in [6.07, 6.45) is 0.233. The second kappa shape index (κ2) is 4.76. The van der Waals surface area contributed by atoms with E-state index in [1.165, 1.54) is 6.92 Å². The highest BCUT2D eigenvalue weighted by atomic mass is 32.2. The Hall–Kier alpha value is -0.360. The Morgan fingerprint density at radius 3 is 2.23 bits per heavy atom. The van der Waals surface area contributed by atoms with Crippen molar-refractivity contribution in [2.75, 3.05) is 0 Å². The lowest BCUT2D eigenvalue weighted by atomic mass is 10.1. The van der Waals surface area contributed by atoms with E-state index in [1.54, 1.807) is 6.92 Å². The molecule has 13 heavy (non-hydrogen) atoms. The maximum atomic E-state index is 11.0. The molecule has 6 heteroatoms. The average Bonchev–Trinajstić information content (AvgIpc) is 2.03. The Morgan fingerprint density at radius 2 is 2.00 bits per heavy atom. The lowest BCUT2D eigenvalue weighted by Gasteiger charge is -2.28. The molecule has 0 aliphatic rings. The molecule has 1 atom stereocenters. The fraction of sp³-hybridized carbons (Fsp3) is 0.714. The molecule has 0 saturated carbocycles. The average molecular weight is 223 g/mol. The summed E-state index contributed by atoms with van der Waals surface area (Å²) in [6.45, 7) is 3.01. The van der Waals surface area contributed by atoms with Crippen LogP contribution in [-0.4, -0.2) is 27.1 Å². The zero-order valence-electron chi connectivity index (χ0n) is 7.44. The van der Waals surface area contributed by atoms with Gasteiger partial charge in [-0.3, -0.25) is 4.79 Å². The third kappa shape index (κ3) is 3.11. The molecule has 0 rings (SSSR count). The second-order valence-electron chi connectivity index (χ2n) is 2.78. The molecule has 2 N–H and O–H groups in total. The maximum absolute atomic E-state index is 11.0. The molecular weight excluding hydrogens is 210 g/mol. The Labute approximate surface area is 87.9 Å². The molecule has 1 amide bonds. The van der Waals surface area contributed by atoms with Crippen molar-refractivity contribution in [3.05, 3.63) is 0 Å². The number of amides is 1. The van der Waals surface area contributed by atoms with Gasteiger partial charge in [-0.2, -0.15) is 25.3 Å². The minimum absolute atomic E-state index is 0.233.